The van der Waals surface area contributed by atoms with Crippen molar-refractivity contribution in [3.05, 3.63) is 17.0 Å². The van der Waals surface area contributed by atoms with E-state index in [1.54, 1.807) is 18.7 Å². The van der Waals surface area contributed by atoms with Crippen molar-refractivity contribution in [1.82, 2.24) is 14.7 Å². The first-order valence-electron chi connectivity index (χ1n) is 7.09. The third-order valence-corrected chi connectivity index (χ3v) is 4.26. The average molecular weight is 301 g/mol. The number of aromatic nitrogens is 2. The lowest BCUT2D eigenvalue weighted by Gasteiger charge is -2.34. The molecule has 0 aromatic carbocycles. The number of aliphatic hydroxyl groups excluding tert-OH is 1. The largest absolute Gasteiger partial charge is 0.391 e. The normalized spacial score (nSPS) is 22.9. The molecule has 2 rings (SSSR count). The molecule has 1 saturated heterocycles. The van der Waals surface area contributed by atoms with E-state index in [-0.39, 0.29) is 18.2 Å². The van der Waals surface area contributed by atoms with E-state index in [0.29, 0.717) is 34.7 Å². The first-order valence-corrected chi connectivity index (χ1v) is 7.09. The fourth-order valence-corrected chi connectivity index (χ4v) is 2.68. The summed E-state index contributed by atoms with van der Waals surface area (Å²) in [6.07, 6.45) is 0.279. The van der Waals surface area contributed by atoms with Crippen LogP contribution >= 0.6 is 0 Å². The monoisotopic (exact) mass is 301 g/mol. The van der Waals surface area contributed by atoms with Crippen LogP contribution in [0.15, 0.2) is 0 Å². The zero-order valence-corrected chi connectivity index (χ0v) is 12.5. The number of likely N-dealkylation sites (tertiary alicyclic amines) is 1. The Morgan fingerprint density at radius 2 is 2.14 bits per heavy atom. The summed E-state index contributed by atoms with van der Waals surface area (Å²) in [6.45, 7) is 3.32. The van der Waals surface area contributed by atoms with Gasteiger partial charge in [-0.3, -0.25) is 4.79 Å². The van der Waals surface area contributed by atoms with Crippen LogP contribution < -0.4 is 0 Å². The Kier molecular flexibility index (Phi) is 4.61. The number of hydrogen-bond acceptors (Lipinski definition) is 3. The standard InChI is InChI=1S/C14H21F2N3O2/c1-8-4-5-18(7-12(8)20)13(21)6-11-9(2)17-19(10(11)3)14(15)16/h8,12,14,20H,4-7H2,1-3H3. The van der Waals surface area contributed by atoms with Crippen LogP contribution in [0.4, 0.5) is 8.78 Å². The van der Waals surface area contributed by atoms with E-state index in [1.165, 1.54) is 0 Å². The number of β-amino-alcohol motifs (C(OH)–C–C–N with tert-alkyl or cyclic N) is 1. The minimum atomic E-state index is -2.70. The molecule has 1 aliphatic rings. The number of hydrogen-bond donors (Lipinski definition) is 1. The summed E-state index contributed by atoms with van der Waals surface area (Å²) in [5.74, 6) is 0.0278. The van der Waals surface area contributed by atoms with Crippen LogP contribution in [-0.4, -0.2) is 44.9 Å². The Balaban J connectivity index is 2.10. The van der Waals surface area contributed by atoms with Gasteiger partial charge in [0.25, 0.3) is 0 Å². The molecule has 1 fully saturated rings. The molecule has 1 aromatic rings. The van der Waals surface area contributed by atoms with Gasteiger partial charge in [0.05, 0.1) is 18.2 Å². The number of nitrogens with zero attached hydrogens (tertiary/aromatic N) is 3. The molecule has 5 nitrogen and oxygen atoms in total. The predicted octanol–water partition coefficient (Wildman–Crippen LogP) is 1.67. The lowest BCUT2D eigenvalue weighted by Crippen LogP contribution is -2.46. The second kappa shape index (κ2) is 6.09. The Morgan fingerprint density at radius 1 is 1.48 bits per heavy atom. The zero-order valence-electron chi connectivity index (χ0n) is 12.5. The molecule has 1 aliphatic heterocycles. The van der Waals surface area contributed by atoms with Gasteiger partial charge in [-0.2, -0.15) is 13.9 Å². The lowest BCUT2D eigenvalue weighted by atomic mass is 9.95. The number of carbonyl (C=O) groups is 1. The van der Waals surface area contributed by atoms with E-state index in [2.05, 4.69) is 5.10 Å². The van der Waals surface area contributed by atoms with Crippen LogP contribution in [0.3, 0.4) is 0 Å². The molecule has 0 spiro atoms. The van der Waals surface area contributed by atoms with Gasteiger partial charge in [-0.1, -0.05) is 6.92 Å². The number of carbonyl (C=O) groups excluding carboxylic acids is 1. The van der Waals surface area contributed by atoms with E-state index >= 15 is 0 Å². The van der Waals surface area contributed by atoms with Gasteiger partial charge in [-0.05, 0) is 26.2 Å². The first kappa shape index (κ1) is 15.9. The van der Waals surface area contributed by atoms with Crippen LogP contribution in [0.2, 0.25) is 0 Å². The van der Waals surface area contributed by atoms with Gasteiger partial charge in [-0.15, -0.1) is 0 Å². The maximum Gasteiger partial charge on any atom is 0.333 e. The fourth-order valence-electron chi connectivity index (χ4n) is 2.68. The van der Waals surface area contributed by atoms with Crippen molar-refractivity contribution in [2.24, 2.45) is 5.92 Å². The van der Waals surface area contributed by atoms with Crippen LogP contribution in [0.1, 0.15) is 36.8 Å². The third-order valence-electron chi connectivity index (χ3n) is 4.26. The molecule has 1 aromatic heterocycles. The van der Waals surface area contributed by atoms with Crippen molar-refractivity contribution in [2.75, 3.05) is 13.1 Å². The average Bonchev–Trinajstić information content (AvgIpc) is 2.70. The summed E-state index contributed by atoms with van der Waals surface area (Å²) in [7, 11) is 0. The Labute approximate surface area is 122 Å². The van der Waals surface area contributed by atoms with E-state index in [0.717, 1.165) is 6.42 Å². The molecule has 1 N–H and O–H groups in total. The summed E-state index contributed by atoms with van der Waals surface area (Å²) in [4.78, 5) is 13.9. The number of amides is 1. The molecule has 21 heavy (non-hydrogen) atoms. The van der Waals surface area contributed by atoms with Gasteiger partial charge in [0.15, 0.2) is 0 Å². The maximum absolute atomic E-state index is 12.8. The molecule has 2 unspecified atom stereocenters. The summed E-state index contributed by atoms with van der Waals surface area (Å²) in [6, 6.07) is 0. The number of alkyl halides is 2. The summed E-state index contributed by atoms with van der Waals surface area (Å²) < 4.78 is 26.2. The van der Waals surface area contributed by atoms with Gasteiger partial charge in [0.1, 0.15) is 0 Å². The highest BCUT2D eigenvalue weighted by molar-refractivity contribution is 5.79. The molecule has 0 aliphatic carbocycles. The quantitative estimate of drug-likeness (QED) is 0.924. The summed E-state index contributed by atoms with van der Waals surface area (Å²) in [5, 5.41) is 13.6. The maximum atomic E-state index is 12.8. The van der Waals surface area contributed by atoms with E-state index in [1.807, 2.05) is 6.92 Å². The highest BCUT2D eigenvalue weighted by Gasteiger charge is 2.28. The topological polar surface area (TPSA) is 58.4 Å². The van der Waals surface area contributed by atoms with Gasteiger partial charge in [0, 0.05) is 24.3 Å². The van der Waals surface area contributed by atoms with Gasteiger partial charge < -0.3 is 10.0 Å². The zero-order chi connectivity index (χ0) is 15.7. The molecule has 7 heteroatoms. The molecular weight excluding hydrogens is 280 g/mol. The van der Waals surface area contributed by atoms with Crippen molar-refractivity contribution in [1.29, 1.82) is 0 Å². The van der Waals surface area contributed by atoms with Crippen LogP contribution in [0.5, 0.6) is 0 Å². The van der Waals surface area contributed by atoms with Crippen molar-refractivity contribution in [3.63, 3.8) is 0 Å². The smallest absolute Gasteiger partial charge is 0.333 e. The summed E-state index contributed by atoms with van der Waals surface area (Å²) in [5.41, 5.74) is 1.32. The van der Waals surface area contributed by atoms with E-state index in [9.17, 15) is 18.7 Å². The Hall–Kier alpha value is -1.50. The molecule has 1 amide bonds. The lowest BCUT2D eigenvalue weighted by molar-refractivity contribution is -0.134. The van der Waals surface area contributed by atoms with Crippen molar-refractivity contribution < 1.29 is 18.7 Å². The molecule has 0 radical (unpaired) electrons. The molecule has 2 atom stereocenters. The number of piperidine rings is 1. The van der Waals surface area contributed by atoms with Gasteiger partial charge in [-0.25, -0.2) is 4.68 Å². The predicted molar refractivity (Wildman–Crippen MR) is 73.0 cm³/mol. The number of rotatable bonds is 3. The minimum Gasteiger partial charge on any atom is -0.391 e. The molecule has 2 heterocycles. The molecule has 0 saturated carbocycles. The Morgan fingerprint density at radius 3 is 2.67 bits per heavy atom. The fraction of sp³-hybridized carbons (Fsp3) is 0.714. The van der Waals surface area contributed by atoms with Crippen LogP contribution in [0, 0.1) is 19.8 Å². The van der Waals surface area contributed by atoms with Gasteiger partial charge in [0.2, 0.25) is 5.91 Å². The van der Waals surface area contributed by atoms with Gasteiger partial charge >= 0.3 is 6.55 Å². The van der Waals surface area contributed by atoms with Crippen LogP contribution in [0.25, 0.3) is 0 Å². The van der Waals surface area contributed by atoms with E-state index < -0.39 is 12.7 Å². The number of halogens is 2. The minimum absolute atomic E-state index is 0.0471. The van der Waals surface area contributed by atoms with Crippen LogP contribution in [-0.2, 0) is 11.2 Å². The number of aryl methyl sites for hydroxylation is 1. The highest BCUT2D eigenvalue weighted by atomic mass is 19.3. The molecule has 118 valence electrons. The van der Waals surface area contributed by atoms with Crippen molar-refractivity contribution in [2.45, 2.75) is 46.3 Å². The summed E-state index contributed by atoms with van der Waals surface area (Å²) >= 11 is 0. The van der Waals surface area contributed by atoms with Crippen molar-refractivity contribution >= 4 is 5.91 Å². The molecular formula is C14H21F2N3O2. The van der Waals surface area contributed by atoms with E-state index in [4.69, 9.17) is 0 Å². The Bertz CT molecular complexity index is 531. The number of aliphatic hydroxyl groups is 1. The second-order valence-electron chi connectivity index (χ2n) is 5.72. The SMILES string of the molecule is Cc1nn(C(F)F)c(C)c1CC(=O)N1CCC(C)C(O)C1. The molecule has 0 bridgehead atoms. The third kappa shape index (κ3) is 3.23. The van der Waals surface area contributed by atoms with Crippen molar-refractivity contribution in [3.8, 4) is 0 Å². The highest BCUT2D eigenvalue weighted by Crippen LogP contribution is 2.22. The second-order valence-corrected chi connectivity index (χ2v) is 5.72. The first-order chi connectivity index (χ1) is 9.81.